The normalized spacial score (nSPS) is 19.0. The minimum absolute atomic E-state index is 0.0115. The van der Waals surface area contributed by atoms with Gasteiger partial charge in [-0.1, -0.05) is 37.6 Å². The number of benzene rings is 1. The highest BCUT2D eigenvalue weighted by atomic mass is 79.9. The number of amides is 1. The first-order valence-electron chi connectivity index (χ1n) is 11.1. The molecule has 6 nitrogen and oxygen atoms in total. The average Bonchev–Trinajstić information content (AvgIpc) is 3.19. The van der Waals surface area contributed by atoms with E-state index in [1.807, 2.05) is 6.92 Å². The van der Waals surface area contributed by atoms with Crippen LogP contribution < -0.4 is 5.73 Å². The molecule has 1 aromatic carbocycles. The molecule has 1 atom stereocenters. The van der Waals surface area contributed by atoms with E-state index in [4.69, 9.17) is 26.8 Å². The number of nitrogens with zero attached hydrogens (tertiary/aromatic N) is 1. The Labute approximate surface area is 214 Å². The van der Waals surface area contributed by atoms with Crippen LogP contribution in [0.3, 0.4) is 0 Å². The predicted octanol–water partition coefficient (Wildman–Crippen LogP) is 6.07. The summed E-state index contributed by atoms with van der Waals surface area (Å²) in [7, 11) is 1.27. The smallest absolute Gasteiger partial charge is 0.410 e. The van der Waals surface area contributed by atoms with Crippen molar-refractivity contribution in [2.75, 3.05) is 20.2 Å². The van der Waals surface area contributed by atoms with Gasteiger partial charge in [0.2, 0.25) is 0 Å². The minimum Gasteiger partial charge on any atom is -0.468 e. The van der Waals surface area contributed by atoms with Crippen molar-refractivity contribution in [2.24, 2.45) is 11.1 Å². The Morgan fingerprint density at radius 1 is 1.38 bits per heavy atom. The van der Waals surface area contributed by atoms with Gasteiger partial charge in [0.25, 0.3) is 0 Å². The van der Waals surface area contributed by atoms with Crippen LogP contribution in [0.5, 0.6) is 0 Å². The maximum Gasteiger partial charge on any atom is 0.410 e. The molecule has 0 aromatic heterocycles. The van der Waals surface area contributed by atoms with Gasteiger partial charge in [-0.15, -0.1) is 0 Å². The largest absolute Gasteiger partial charge is 0.468 e. The van der Waals surface area contributed by atoms with Crippen LogP contribution in [0.25, 0.3) is 5.57 Å². The number of hydrogen-bond acceptors (Lipinski definition) is 5. The second-order valence-electron chi connectivity index (χ2n) is 9.52. The summed E-state index contributed by atoms with van der Waals surface area (Å²) in [4.78, 5) is 27.6. The summed E-state index contributed by atoms with van der Waals surface area (Å²) < 4.78 is 26.5. The maximum atomic E-state index is 15.5. The van der Waals surface area contributed by atoms with Crippen molar-refractivity contribution in [3.8, 4) is 0 Å². The van der Waals surface area contributed by atoms with Crippen LogP contribution in [0.15, 0.2) is 27.8 Å². The molecule has 1 aromatic rings. The summed E-state index contributed by atoms with van der Waals surface area (Å²) in [6.07, 6.45) is 0.692. The van der Waals surface area contributed by atoms with Crippen molar-refractivity contribution in [1.29, 1.82) is 0 Å². The van der Waals surface area contributed by atoms with Gasteiger partial charge in [0.1, 0.15) is 16.8 Å². The maximum absolute atomic E-state index is 15.5. The zero-order valence-corrected chi connectivity index (χ0v) is 23.0. The number of likely N-dealkylation sites (tertiary alicyclic amines) is 1. The molecule has 1 aliphatic heterocycles. The molecular formula is C25H33BrClFN2O4. The Kier molecular flexibility index (Phi) is 8.86. The monoisotopic (exact) mass is 558 g/mol. The SMILES string of the molecule is C=C(Cl)/C(N)=C(\c1cc(C)c(Br)c(F)c1CCC)C1(C(=O)OC)CCN(C(=O)OC(C)(C)C)C1. The number of nitrogens with two attached hydrogens (primary N) is 1. The zero-order valence-electron chi connectivity index (χ0n) is 20.6. The lowest BCUT2D eigenvalue weighted by Crippen LogP contribution is -2.41. The van der Waals surface area contributed by atoms with Crippen LogP contribution in [0.2, 0.25) is 0 Å². The van der Waals surface area contributed by atoms with Crippen LogP contribution >= 0.6 is 27.5 Å². The summed E-state index contributed by atoms with van der Waals surface area (Å²) >= 11 is 9.57. The highest BCUT2D eigenvalue weighted by Gasteiger charge is 2.52. The van der Waals surface area contributed by atoms with Crippen LogP contribution in [0.1, 0.15) is 57.2 Å². The molecule has 1 heterocycles. The molecule has 1 fully saturated rings. The number of halogens is 3. The number of hydrogen-bond donors (Lipinski definition) is 1. The number of aryl methyl sites for hydroxylation is 1. The number of rotatable bonds is 6. The first-order chi connectivity index (χ1) is 15.7. The van der Waals surface area contributed by atoms with E-state index in [0.29, 0.717) is 39.6 Å². The van der Waals surface area contributed by atoms with Crippen molar-refractivity contribution in [3.63, 3.8) is 0 Å². The lowest BCUT2D eigenvalue weighted by Gasteiger charge is -2.33. The molecular weight excluding hydrogens is 527 g/mol. The molecule has 1 amide bonds. The van der Waals surface area contributed by atoms with Gasteiger partial charge in [-0.25, -0.2) is 9.18 Å². The topological polar surface area (TPSA) is 81.9 Å². The summed E-state index contributed by atoms with van der Waals surface area (Å²) in [6.45, 7) is 12.9. The fourth-order valence-corrected chi connectivity index (χ4v) is 4.71. The zero-order chi connectivity index (χ0) is 26.0. The van der Waals surface area contributed by atoms with Gasteiger partial charge < -0.3 is 20.1 Å². The predicted molar refractivity (Wildman–Crippen MR) is 136 cm³/mol. The molecule has 188 valence electrons. The number of methoxy groups -OCH3 is 1. The van der Waals surface area contributed by atoms with E-state index in [1.165, 1.54) is 12.0 Å². The summed E-state index contributed by atoms with van der Waals surface area (Å²) in [5, 5.41) is 0.0115. The number of esters is 1. The molecule has 0 bridgehead atoms. The molecule has 0 aliphatic carbocycles. The molecule has 0 radical (unpaired) electrons. The van der Waals surface area contributed by atoms with E-state index in [1.54, 1.807) is 33.8 Å². The van der Waals surface area contributed by atoms with Crippen molar-refractivity contribution < 1.29 is 23.5 Å². The highest BCUT2D eigenvalue weighted by molar-refractivity contribution is 9.10. The van der Waals surface area contributed by atoms with Gasteiger partial charge in [-0.2, -0.15) is 0 Å². The molecule has 9 heteroatoms. The molecule has 0 spiro atoms. The van der Waals surface area contributed by atoms with Gasteiger partial charge in [0.15, 0.2) is 0 Å². The summed E-state index contributed by atoms with van der Waals surface area (Å²) in [6, 6.07) is 1.78. The molecule has 2 N–H and O–H groups in total. The Morgan fingerprint density at radius 3 is 2.50 bits per heavy atom. The standard InChI is InChI=1S/C25H33BrClFN2O4/c1-8-9-16-17(12-14(2)19(26)20(16)28)18(21(29)15(3)27)25(22(31)33-7)10-11-30(13-25)23(32)34-24(4,5)6/h12H,3,8-11,13,29H2,1-2,4-7H3/b21-18-. The van der Waals surface area contributed by atoms with Crippen molar-refractivity contribution in [1.82, 2.24) is 4.90 Å². The third kappa shape index (κ3) is 5.60. The Bertz CT molecular complexity index is 1030. The number of allylic oxidation sites excluding steroid dienone is 1. The van der Waals surface area contributed by atoms with E-state index in [-0.39, 0.29) is 30.2 Å². The molecule has 0 saturated carbocycles. The van der Waals surface area contributed by atoms with Crippen molar-refractivity contribution in [3.05, 3.63) is 50.4 Å². The Balaban J connectivity index is 2.82. The first kappa shape index (κ1) is 28.2. The fourth-order valence-electron chi connectivity index (χ4n) is 4.26. The van der Waals surface area contributed by atoms with Crippen LogP contribution in [0, 0.1) is 18.2 Å². The molecule has 1 saturated heterocycles. The minimum atomic E-state index is -1.39. The number of carbonyl (C=O) groups is 2. The lowest BCUT2D eigenvalue weighted by atomic mass is 9.73. The van der Waals surface area contributed by atoms with Crippen molar-refractivity contribution in [2.45, 2.75) is 59.5 Å². The second-order valence-corrected chi connectivity index (χ2v) is 10.8. The number of ether oxygens (including phenoxy) is 2. The molecule has 34 heavy (non-hydrogen) atoms. The van der Waals surface area contributed by atoms with Gasteiger partial charge in [-0.05, 0) is 73.2 Å². The fraction of sp³-hybridized carbons (Fsp3) is 0.520. The van der Waals surface area contributed by atoms with E-state index < -0.39 is 28.9 Å². The highest BCUT2D eigenvalue weighted by Crippen LogP contribution is 2.48. The molecule has 2 rings (SSSR count). The quantitative estimate of drug-likeness (QED) is 0.338. The van der Waals surface area contributed by atoms with Gasteiger partial charge >= 0.3 is 12.1 Å². The van der Waals surface area contributed by atoms with Crippen LogP contribution in [-0.4, -0.2) is 42.8 Å². The first-order valence-corrected chi connectivity index (χ1v) is 12.3. The van der Waals surface area contributed by atoms with E-state index in [2.05, 4.69) is 22.5 Å². The Morgan fingerprint density at radius 2 is 2.00 bits per heavy atom. The summed E-state index contributed by atoms with van der Waals surface area (Å²) in [5.41, 5.74) is 6.19. The second kappa shape index (κ2) is 10.7. The van der Waals surface area contributed by atoms with Gasteiger partial charge in [0, 0.05) is 18.7 Å². The lowest BCUT2D eigenvalue weighted by molar-refractivity contribution is -0.148. The summed E-state index contributed by atoms with van der Waals surface area (Å²) in [5.74, 6) is -1.03. The number of carbonyl (C=O) groups excluding carboxylic acids is 2. The van der Waals surface area contributed by atoms with Gasteiger partial charge in [-0.3, -0.25) is 4.79 Å². The molecule has 1 unspecified atom stereocenters. The third-order valence-corrected chi connectivity index (χ3v) is 6.97. The van der Waals surface area contributed by atoms with Crippen molar-refractivity contribution >= 4 is 45.2 Å². The van der Waals surface area contributed by atoms with Crippen LogP contribution in [0.4, 0.5) is 9.18 Å². The molecule has 1 aliphatic rings. The Hall–Kier alpha value is -2.06. The van der Waals surface area contributed by atoms with E-state index in [9.17, 15) is 9.59 Å². The van der Waals surface area contributed by atoms with Gasteiger partial charge in [0.05, 0.1) is 22.3 Å². The van der Waals surface area contributed by atoms with E-state index >= 15 is 4.39 Å². The third-order valence-electron chi connectivity index (χ3n) is 5.80. The van der Waals surface area contributed by atoms with Crippen LogP contribution in [-0.2, 0) is 20.7 Å². The van der Waals surface area contributed by atoms with E-state index in [0.717, 1.165) is 0 Å². The average molecular weight is 560 g/mol.